The van der Waals surface area contributed by atoms with Crippen molar-refractivity contribution in [2.24, 2.45) is 0 Å². The van der Waals surface area contributed by atoms with E-state index in [1.54, 1.807) is 7.11 Å². The van der Waals surface area contributed by atoms with Crippen LogP contribution in [0.1, 0.15) is 39.7 Å². The molecule has 0 spiro atoms. The molecule has 1 atom stereocenters. The molecular formula is C21H29NO5. The highest BCUT2D eigenvalue weighted by Gasteiger charge is 2.33. The summed E-state index contributed by atoms with van der Waals surface area (Å²) in [6.45, 7) is 8.06. The Labute approximate surface area is 161 Å². The van der Waals surface area contributed by atoms with Gasteiger partial charge in [0.2, 0.25) is 0 Å². The smallest absolute Gasteiger partial charge is 0.411 e. The van der Waals surface area contributed by atoms with E-state index < -0.39 is 11.7 Å². The van der Waals surface area contributed by atoms with E-state index in [9.17, 15) is 9.59 Å². The van der Waals surface area contributed by atoms with Gasteiger partial charge >= 0.3 is 6.09 Å². The predicted molar refractivity (Wildman–Crippen MR) is 103 cm³/mol. The molecule has 0 saturated heterocycles. The lowest BCUT2D eigenvalue weighted by Crippen LogP contribution is -2.48. The third kappa shape index (κ3) is 6.10. The largest absolute Gasteiger partial charge is 0.497 e. The number of hydrogen-bond donors (Lipinski definition) is 0. The van der Waals surface area contributed by atoms with Crippen LogP contribution < -0.4 is 4.74 Å². The lowest BCUT2D eigenvalue weighted by molar-refractivity contribution is -0.118. The third-order valence-electron chi connectivity index (χ3n) is 4.20. The Morgan fingerprint density at radius 2 is 1.85 bits per heavy atom. The summed E-state index contributed by atoms with van der Waals surface area (Å²) in [5.74, 6) is 0.678. The Balaban J connectivity index is 1.96. The molecule has 0 radical (unpaired) electrons. The quantitative estimate of drug-likeness (QED) is 0.758. The first-order valence-corrected chi connectivity index (χ1v) is 9.17. The molecule has 148 valence electrons. The molecule has 1 aromatic rings. The molecule has 27 heavy (non-hydrogen) atoms. The number of benzene rings is 1. The fourth-order valence-electron chi connectivity index (χ4n) is 2.78. The molecule has 2 rings (SSSR count). The highest BCUT2D eigenvalue weighted by Crippen LogP contribution is 2.21. The number of ketones is 1. The van der Waals surface area contributed by atoms with E-state index in [-0.39, 0.29) is 25.0 Å². The molecule has 0 aromatic heterocycles. The van der Waals surface area contributed by atoms with E-state index >= 15 is 0 Å². The first kappa shape index (κ1) is 21.0. The van der Waals surface area contributed by atoms with Gasteiger partial charge < -0.3 is 14.2 Å². The van der Waals surface area contributed by atoms with Crippen molar-refractivity contribution < 1.29 is 23.8 Å². The molecule has 0 unspecified atom stereocenters. The summed E-state index contributed by atoms with van der Waals surface area (Å²) < 4.78 is 16.3. The molecule has 6 nitrogen and oxygen atoms in total. The van der Waals surface area contributed by atoms with Gasteiger partial charge in [-0.15, -0.1) is 0 Å². The topological polar surface area (TPSA) is 65.1 Å². The molecule has 1 aliphatic heterocycles. The summed E-state index contributed by atoms with van der Waals surface area (Å²) in [5, 5.41) is 0. The standard InChI is InChI=1S/C21H29NO5/c1-6-17-11-16(14-26-13-15-7-9-18(25-5)10-8-15)19(23)12-22(17)20(24)27-21(2,3)4/h7-11,17H,6,12-14H2,1-5H3/t17-/m1/s1. The number of Topliss-reactive ketones (excluding diaryl/α,β-unsaturated/α-hetero) is 1. The maximum Gasteiger partial charge on any atom is 0.411 e. The monoisotopic (exact) mass is 375 g/mol. The van der Waals surface area contributed by atoms with E-state index in [4.69, 9.17) is 14.2 Å². The number of carbonyl (C=O) groups excluding carboxylic acids is 2. The van der Waals surface area contributed by atoms with E-state index in [1.807, 2.05) is 58.0 Å². The summed E-state index contributed by atoms with van der Waals surface area (Å²) in [7, 11) is 1.62. The second-order valence-electron chi connectivity index (χ2n) is 7.54. The average Bonchev–Trinajstić information content (AvgIpc) is 2.61. The maximum atomic E-state index is 12.4. The number of amides is 1. The van der Waals surface area contributed by atoms with Crippen LogP contribution in [0.3, 0.4) is 0 Å². The van der Waals surface area contributed by atoms with E-state index in [0.717, 1.165) is 11.3 Å². The van der Waals surface area contributed by atoms with Gasteiger partial charge in [0.1, 0.15) is 11.4 Å². The van der Waals surface area contributed by atoms with Gasteiger partial charge in [-0.25, -0.2) is 4.79 Å². The number of methoxy groups -OCH3 is 1. The Morgan fingerprint density at radius 3 is 2.41 bits per heavy atom. The number of rotatable bonds is 6. The first-order chi connectivity index (χ1) is 12.7. The minimum atomic E-state index is -0.593. The molecule has 1 aliphatic rings. The number of hydrogen-bond acceptors (Lipinski definition) is 5. The van der Waals surface area contributed by atoms with Crippen molar-refractivity contribution in [1.82, 2.24) is 4.90 Å². The van der Waals surface area contributed by atoms with Gasteiger partial charge in [-0.1, -0.05) is 25.1 Å². The van der Waals surface area contributed by atoms with Crippen molar-refractivity contribution in [1.29, 1.82) is 0 Å². The second-order valence-corrected chi connectivity index (χ2v) is 7.54. The molecule has 0 fully saturated rings. The zero-order valence-corrected chi connectivity index (χ0v) is 16.8. The Morgan fingerprint density at radius 1 is 1.19 bits per heavy atom. The zero-order valence-electron chi connectivity index (χ0n) is 16.8. The SMILES string of the molecule is CC[C@@H]1C=C(COCc2ccc(OC)cc2)C(=O)CN1C(=O)OC(C)(C)C. The van der Waals surface area contributed by atoms with Crippen LogP contribution in [0.4, 0.5) is 4.79 Å². The molecule has 1 amide bonds. The Bertz CT molecular complexity index is 688. The van der Waals surface area contributed by atoms with E-state index in [0.29, 0.717) is 18.6 Å². The fraction of sp³-hybridized carbons (Fsp3) is 0.524. The maximum absolute atomic E-state index is 12.4. The summed E-state index contributed by atoms with van der Waals surface area (Å²) in [4.78, 5) is 26.3. The number of nitrogens with zero attached hydrogens (tertiary/aromatic N) is 1. The molecule has 1 aromatic carbocycles. The van der Waals surface area contributed by atoms with Crippen molar-refractivity contribution in [2.45, 2.75) is 52.4 Å². The van der Waals surface area contributed by atoms with Crippen LogP contribution >= 0.6 is 0 Å². The molecule has 1 heterocycles. The van der Waals surface area contributed by atoms with Crippen LogP contribution in [0, 0.1) is 0 Å². The zero-order chi connectivity index (χ0) is 20.0. The summed E-state index contributed by atoms with van der Waals surface area (Å²) in [6.07, 6.45) is 2.07. The summed E-state index contributed by atoms with van der Waals surface area (Å²) in [5.41, 5.74) is 1.02. The van der Waals surface area contributed by atoms with Gasteiger partial charge in [0.05, 0.1) is 32.9 Å². The summed E-state index contributed by atoms with van der Waals surface area (Å²) >= 11 is 0. The van der Waals surface area contributed by atoms with Crippen molar-refractivity contribution in [3.05, 3.63) is 41.5 Å². The van der Waals surface area contributed by atoms with Crippen LogP contribution in [0.15, 0.2) is 35.9 Å². The minimum absolute atomic E-state index is 0.0190. The van der Waals surface area contributed by atoms with Gasteiger partial charge in [0, 0.05) is 5.57 Å². The molecule has 0 aliphatic carbocycles. The predicted octanol–water partition coefficient (Wildman–Crippen LogP) is 3.74. The van der Waals surface area contributed by atoms with Crippen LogP contribution in [0.5, 0.6) is 5.75 Å². The molecule has 0 saturated carbocycles. The Hall–Kier alpha value is -2.34. The van der Waals surface area contributed by atoms with Crippen LogP contribution in [0.2, 0.25) is 0 Å². The van der Waals surface area contributed by atoms with E-state index in [1.165, 1.54) is 4.90 Å². The third-order valence-corrected chi connectivity index (χ3v) is 4.20. The van der Waals surface area contributed by atoms with Gasteiger partial charge in [-0.3, -0.25) is 9.69 Å². The van der Waals surface area contributed by atoms with Gasteiger partial charge in [-0.2, -0.15) is 0 Å². The molecule has 0 N–H and O–H groups in total. The van der Waals surface area contributed by atoms with E-state index in [2.05, 4.69) is 0 Å². The summed E-state index contributed by atoms with van der Waals surface area (Å²) in [6, 6.07) is 7.42. The van der Waals surface area contributed by atoms with Crippen LogP contribution in [-0.4, -0.2) is 48.7 Å². The lowest BCUT2D eigenvalue weighted by atomic mass is 10.0. The minimum Gasteiger partial charge on any atom is -0.497 e. The second kappa shape index (κ2) is 9.04. The highest BCUT2D eigenvalue weighted by atomic mass is 16.6. The number of carbonyl (C=O) groups is 2. The van der Waals surface area contributed by atoms with Gasteiger partial charge in [-0.05, 0) is 44.9 Å². The highest BCUT2D eigenvalue weighted by molar-refractivity contribution is 5.99. The van der Waals surface area contributed by atoms with Crippen LogP contribution in [0.25, 0.3) is 0 Å². The Kier molecular flexibility index (Phi) is 7.02. The van der Waals surface area contributed by atoms with Gasteiger partial charge in [0.25, 0.3) is 0 Å². The molecule has 0 bridgehead atoms. The first-order valence-electron chi connectivity index (χ1n) is 9.17. The average molecular weight is 375 g/mol. The lowest BCUT2D eigenvalue weighted by Gasteiger charge is -2.34. The van der Waals surface area contributed by atoms with Crippen molar-refractivity contribution in [3.8, 4) is 5.75 Å². The van der Waals surface area contributed by atoms with Crippen molar-refractivity contribution >= 4 is 11.9 Å². The van der Waals surface area contributed by atoms with Crippen LogP contribution in [-0.2, 0) is 20.9 Å². The molecule has 6 heteroatoms. The number of ether oxygens (including phenoxy) is 3. The normalized spacial score (nSPS) is 17.5. The molecular weight excluding hydrogens is 346 g/mol. The van der Waals surface area contributed by atoms with Crippen molar-refractivity contribution in [2.75, 3.05) is 20.3 Å². The van der Waals surface area contributed by atoms with Crippen molar-refractivity contribution in [3.63, 3.8) is 0 Å². The van der Waals surface area contributed by atoms with Gasteiger partial charge in [0.15, 0.2) is 5.78 Å². The fourth-order valence-corrected chi connectivity index (χ4v) is 2.78.